The van der Waals surface area contributed by atoms with Crippen LogP contribution in [0, 0.1) is 0 Å². The maximum absolute atomic E-state index is 12.2. The van der Waals surface area contributed by atoms with Gasteiger partial charge in [0.05, 0.1) is 15.7 Å². The molecule has 0 unspecified atom stereocenters. The summed E-state index contributed by atoms with van der Waals surface area (Å²) in [6.07, 6.45) is 0. The molecule has 3 nitrogen and oxygen atoms in total. The van der Waals surface area contributed by atoms with Gasteiger partial charge in [0.15, 0.2) is 4.21 Å². The number of anilines is 1. The summed E-state index contributed by atoms with van der Waals surface area (Å²) in [5, 5.41) is 2.25. The highest BCUT2D eigenvalue weighted by atomic mass is 79.9. The summed E-state index contributed by atoms with van der Waals surface area (Å²) in [5.74, 6) is 0. The molecule has 0 spiro atoms. The highest BCUT2D eigenvalue weighted by molar-refractivity contribution is 9.10. The lowest BCUT2D eigenvalue weighted by molar-refractivity contribution is 0.603. The molecule has 0 saturated heterocycles. The second-order valence-electron chi connectivity index (χ2n) is 3.41. The van der Waals surface area contributed by atoms with E-state index in [9.17, 15) is 8.42 Å². The van der Waals surface area contributed by atoms with Gasteiger partial charge < -0.3 is 0 Å². The van der Waals surface area contributed by atoms with Gasteiger partial charge in [-0.05, 0) is 39.5 Å². The highest BCUT2D eigenvalue weighted by Gasteiger charge is 2.22. The van der Waals surface area contributed by atoms with Gasteiger partial charge in [-0.1, -0.05) is 34.8 Å². The van der Waals surface area contributed by atoms with Crippen LogP contribution in [0.4, 0.5) is 5.69 Å². The second kappa shape index (κ2) is 5.79. The van der Waals surface area contributed by atoms with Crippen LogP contribution >= 0.6 is 62.1 Å². The SMILES string of the molecule is O=S(=O)(Nc1c(Cl)cc(Cl)cc1Cl)c1sccc1Br. The Morgan fingerprint density at radius 3 is 2.21 bits per heavy atom. The number of thiophene rings is 1. The Bertz CT molecular complexity index is 707. The second-order valence-corrected chi connectivity index (χ2v) is 8.30. The van der Waals surface area contributed by atoms with E-state index >= 15 is 0 Å². The number of benzene rings is 1. The lowest BCUT2D eigenvalue weighted by Crippen LogP contribution is -2.12. The zero-order chi connectivity index (χ0) is 14.2. The van der Waals surface area contributed by atoms with Crippen molar-refractivity contribution >= 4 is 77.8 Å². The first-order valence-electron chi connectivity index (χ1n) is 4.71. The van der Waals surface area contributed by atoms with Gasteiger partial charge in [0.1, 0.15) is 0 Å². The molecule has 1 N–H and O–H groups in total. The van der Waals surface area contributed by atoms with Gasteiger partial charge in [-0.25, -0.2) is 8.42 Å². The zero-order valence-corrected chi connectivity index (χ0v) is 14.4. The summed E-state index contributed by atoms with van der Waals surface area (Å²) in [7, 11) is -3.75. The van der Waals surface area contributed by atoms with Gasteiger partial charge in [0, 0.05) is 9.50 Å². The maximum Gasteiger partial charge on any atom is 0.272 e. The molecular weight excluding hydrogens is 417 g/mol. The van der Waals surface area contributed by atoms with E-state index in [1.54, 1.807) is 11.4 Å². The molecule has 19 heavy (non-hydrogen) atoms. The zero-order valence-electron chi connectivity index (χ0n) is 8.95. The average Bonchev–Trinajstić information content (AvgIpc) is 2.70. The van der Waals surface area contributed by atoms with Gasteiger partial charge in [-0.3, -0.25) is 4.72 Å². The van der Waals surface area contributed by atoms with E-state index in [1.165, 1.54) is 12.1 Å². The Labute approximate surface area is 137 Å². The van der Waals surface area contributed by atoms with Gasteiger partial charge in [0.2, 0.25) is 0 Å². The van der Waals surface area contributed by atoms with Crippen LogP contribution in [0.25, 0.3) is 0 Å². The van der Waals surface area contributed by atoms with E-state index in [1.807, 2.05) is 0 Å². The monoisotopic (exact) mass is 419 g/mol. The van der Waals surface area contributed by atoms with Gasteiger partial charge in [-0.15, -0.1) is 11.3 Å². The first-order chi connectivity index (χ1) is 8.81. The molecule has 2 aromatic rings. The van der Waals surface area contributed by atoms with Crippen molar-refractivity contribution < 1.29 is 8.42 Å². The molecule has 0 bridgehead atoms. The fourth-order valence-electron chi connectivity index (χ4n) is 1.29. The van der Waals surface area contributed by atoms with Crippen molar-refractivity contribution in [3.05, 3.63) is 43.1 Å². The molecule has 9 heteroatoms. The summed E-state index contributed by atoms with van der Waals surface area (Å²) in [5.41, 5.74) is 0.105. The van der Waals surface area contributed by atoms with Gasteiger partial charge in [-0.2, -0.15) is 0 Å². The molecule has 1 aromatic carbocycles. The minimum absolute atomic E-state index is 0.105. The number of halogens is 4. The van der Waals surface area contributed by atoms with Crippen molar-refractivity contribution in [3.63, 3.8) is 0 Å². The number of rotatable bonds is 3. The van der Waals surface area contributed by atoms with E-state index in [4.69, 9.17) is 34.8 Å². The summed E-state index contributed by atoms with van der Waals surface area (Å²) in [6.45, 7) is 0. The Morgan fingerprint density at radius 1 is 1.16 bits per heavy atom. The molecule has 0 fully saturated rings. The van der Waals surface area contributed by atoms with Crippen LogP contribution in [0.1, 0.15) is 0 Å². The van der Waals surface area contributed by atoms with E-state index in [2.05, 4.69) is 20.7 Å². The first kappa shape index (κ1) is 15.4. The van der Waals surface area contributed by atoms with Crippen molar-refractivity contribution in [1.82, 2.24) is 0 Å². The standard InChI is InChI=1S/C10H5BrCl3NO2S2/c11-6-1-2-18-10(6)19(16,17)15-9-7(13)3-5(12)4-8(9)14/h1-4,15H. The Hall–Kier alpha value is 0.0200. The number of hydrogen-bond acceptors (Lipinski definition) is 3. The van der Waals surface area contributed by atoms with Crippen LogP contribution < -0.4 is 4.72 Å². The fourth-order valence-corrected chi connectivity index (χ4v) is 5.76. The van der Waals surface area contributed by atoms with Crippen molar-refractivity contribution in [2.45, 2.75) is 4.21 Å². The summed E-state index contributed by atoms with van der Waals surface area (Å²) >= 11 is 21.9. The third kappa shape index (κ3) is 3.37. The minimum Gasteiger partial charge on any atom is -0.276 e. The predicted octanol–water partition coefficient (Wildman–Crippen LogP) is 5.27. The molecule has 0 aliphatic carbocycles. The third-order valence-electron chi connectivity index (χ3n) is 2.07. The number of sulfonamides is 1. The smallest absolute Gasteiger partial charge is 0.272 e. The van der Waals surface area contributed by atoms with Crippen LogP contribution in [-0.4, -0.2) is 8.42 Å². The first-order valence-corrected chi connectivity index (χ1v) is 9.00. The maximum atomic E-state index is 12.2. The molecule has 0 saturated carbocycles. The van der Waals surface area contributed by atoms with Gasteiger partial charge in [0.25, 0.3) is 10.0 Å². The molecule has 102 valence electrons. The molecular formula is C10H5BrCl3NO2S2. The van der Waals surface area contributed by atoms with Crippen LogP contribution in [-0.2, 0) is 10.0 Å². The summed E-state index contributed by atoms with van der Waals surface area (Å²) in [6, 6.07) is 4.47. The average molecular weight is 422 g/mol. The Balaban J connectivity index is 2.45. The normalized spacial score (nSPS) is 11.6. The van der Waals surface area contributed by atoms with E-state index in [0.717, 1.165) is 11.3 Å². The van der Waals surface area contributed by atoms with Crippen molar-refractivity contribution in [1.29, 1.82) is 0 Å². The van der Waals surface area contributed by atoms with E-state index < -0.39 is 10.0 Å². The fraction of sp³-hybridized carbons (Fsp3) is 0. The van der Waals surface area contributed by atoms with E-state index in [-0.39, 0.29) is 19.9 Å². The van der Waals surface area contributed by atoms with Crippen LogP contribution in [0.3, 0.4) is 0 Å². The van der Waals surface area contributed by atoms with Crippen molar-refractivity contribution in [2.24, 2.45) is 0 Å². The van der Waals surface area contributed by atoms with Crippen LogP contribution in [0.15, 0.2) is 32.3 Å². The van der Waals surface area contributed by atoms with Crippen LogP contribution in [0.2, 0.25) is 15.1 Å². The summed E-state index contributed by atoms with van der Waals surface area (Å²) in [4.78, 5) is 0. The van der Waals surface area contributed by atoms with Crippen molar-refractivity contribution in [2.75, 3.05) is 4.72 Å². The molecule has 0 radical (unpaired) electrons. The van der Waals surface area contributed by atoms with Gasteiger partial charge >= 0.3 is 0 Å². The predicted molar refractivity (Wildman–Crippen MR) is 84.3 cm³/mol. The third-order valence-corrected chi connectivity index (χ3v) is 6.91. The van der Waals surface area contributed by atoms with E-state index in [0.29, 0.717) is 9.50 Å². The number of nitrogens with one attached hydrogen (secondary N) is 1. The lowest BCUT2D eigenvalue weighted by atomic mass is 10.3. The molecule has 0 atom stereocenters. The highest BCUT2D eigenvalue weighted by Crippen LogP contribution is 2.36. The summed E-state index contributed by atoms with van der Waals surface area (Å²) < 4.78 is 27.4. The van der Waals surface area contributed by atoms with Crippen LogP contribution in [0.5, 0.6) is 0 Å². The minimum atomic E-state index is -3.75. The topological polar surface area (TPSA) is 46.2 Å². The molecule has 1 aromatic heterocycles. The Kier molecular flexibility index (Phi) is 4.70. The molecule has 0 aliphatic rings. The quantitative estimate of drug-likeness (QED) is 0.734. The molecule has 2 rings (SSSR count). The molecule has 1 heterocycles. The van der Waals surface area contributed by atoms with Crippen molar-refractivity contribution in [3.8, 4) is 0 Å². The molecule has 0 amide bonds. The lowest BCUT2D eigenvalue weighted by Gasteiger charge is -2.11. The Morgan fingerprint density at radius 2 is 1.74 bits per heavy atom. The largest absolute Gasteiger partial charge is 0.276 e. The molecule has 0 aliphatic heterocycles. The number of hydrogen-bond donors (Lipinski definition) is 1.